The second-order valence-electron chi connectivity index (χ2n) is 13.0. The summed E-state index contributed by atoms with van der Waals surface area (Å²) in [4.78, 5) is 0. The zero-order valence-electron chi connectivity index (χ0n) is 28.0. The first-order valence-electron chi connectivity index (χ1n) is 17.3. The Balaban J connectivity index is 1.28. The number of para-hydroxylation sites is 2. The summed E-state index contributed by atoms with van der Waals surface area (Å²) < 4.78 is 6.57. The Labute approximate surface area is 295 Å². The van der Waals surface area contributed by atoms with Crippen molar-refractivity contribution in [3.63, 3.8) is 0 Å². The SMILES string of the molecule is C=C1/C=C\c2ccccc2CC2=C(/C=C/C=C/C=C(c3cccc(Cc4ccccc4)c3)\C=C/C=C\2)C12c1ccccc1Oc1ccccc12. The molecule has 1 nitrogen and oxygen atoms in total. The van der Waals surface area contributed by atoms with E-state index in [4.69, 9.17) is 11.3 Å². The van der Waals surface area contributed by atoms with Crippen LogP contribution >= 0.6 is 0 Å². The number of rotatable bonds is 3. The largest absolute Gasteiger partial charge is 0.457 e. The quantitative estimate of drug-likeness (QED) is 0.190. The van der Waals surface area contributed by atoms with Gasteiger partial charge in [0, 0.05) is 11.1 Å². The molecule has 0 atom stereocenters. The molecule has 5 aromatic carbocycles. The highest BCUT2D eigenvalue weighted by Crippen LogP contribution is 2.57. The van der Waals surface area contributed by atoms with Crippen molar-refractivity contribution < 1.29 is 4.74 Å². The summed E-state index contributed by atoms with van der Waals surface area (Å²) in [6.07, 6.45) is 25.9. The molecular formula is C49H38O. The summed E-state index contributed by atoms with van der Waals surface area (Å²) in [6, 6.07) is 45.1. The molecule has 240 valence electrons. The zero-order valence-corrected chi connectivity index (χ0v) is 28.0. The molecular weight excluding hydrogens is 605 g/mol. The lowest BCUT2D eigenvalue weighted by Gasteiger charge is -2.43. The van der Waals surface area contributed by atoms with E-state index >= 15 is 0 Å². The van der Waals surface area contributed by atoms with Crippen LogP contribution in [0.4, 0.5) is 0 Å². The molecule has 8 rings (SSSR count). The van der Waals surface area contributed by atoms with Crippen molar-refractivity contribution in [3.8, 4) is 11.5 Å². The third kappa shape index (κ3) is 5.88. The Bertz CT molecular complexity index is 2250. The van der Waals surface area contributed by atoms with E-state index in [-0.39, 0.29) is 0 Å². The van der Waals surface area contributed by atoms with Gasteiger partial charge in [-0.05, 0) is 75.1 Å². The van der Waals surface area contributed by atoms with Gasteiger partial charge in [-0.1, -0.05) is 189 Å². The van der Waals surface area contributed by atoms with E-state index < -0.39 is 5.41 Å². The van der Waals surface area contributed by atoms with Gasteiger partial charge in [0.25, 0.3) is 0 Å². The average molecular weight is 643 g/mol. The van der Waals surface area contributed by atoms with Crippen molar-refractivity contribution in [1.82, 2.24) is 0 Å². The first-order valence-corrected chi connectivity index (χ1v) is 17.3. The normalized spacial score (nSPS) is 21.7. The molecule has 0 saturated heterocycles. The zero-order chi connectivity index (χ0) is 33.8. The molecule has 0 radical (unpaired) electrons. The van der Waals surface area contributed by atoms with Gasteiger partial charge in [-0.15, -0.1) is 0 Å². The maximum atomic E-state index is 6.57. The van der Waals surface area contributed by atoms with Gasteiger partial charge in [-0.25, -0.2) is 0 Å². The lowest BCUT2D eigenvalue weighted by Crippen LogP contribution is -2.35. The van der Waals surface area contributed by atoms with Gasteiger partial charge in [-0.2, -0.15) is 0 Å². The molecule has 0 saturated carbocycles. The molecule has 0 N–H and O–H groups in total. The van der Waals surface area contributed by atoms with E-state index in [1.807, 2.05) is 12.1 Å². The van der Waals surface area contributed by atoms with E-state index in [9.17, 15) is 0 Å². The smallest absolute Gasteiger partial charge is 0.132 e. The van der Waals surface area contributed by atoms with Crippen LogP contribution in [0.5, 0.6) is 11.5 Å². The molecule has 1 spiro atoms. The Morgan fingerprint density at radius 3 is 2.06 bits per heavy atom. The van der Waals surface area contributed by atoms with Gasteiger partial charge in [0.05, 0.1) is 5.41 Å². The number of hydrogen-bond acceptors (Lipinski definition) is 1. The summed E-state index contributed by atoms with van der Waals surface area (Å²) in [7, 11) is 0. The number of allylic oxidation sites excluding steroid dienone is 14. The van der Waals surface area contributed by atoms with Crippen molar-refractivity contribution in [1.29, 1.82) is 0 Å². The van der Waals surface area contributed by atoms with Crippen LogP contribution in [0.15, 0.2) is 211 Å². The monoisotopic (exact) mass is 642 g/mol. The first-order chi connectivity index (χ1) is 24.7. The lowest BCUT2D eigenvalue weighted by atomic mass is 9.61. The van der Waals surface area contributed by atoms with Gasteiger partial charge in [0.1, 0.15) is 11.5 Å². The maximum absolute atomic E-state index is 6.57. The van der Waals surface area contributed by atoms with Gasteiger partial charge < -0.3 is 4.74 Å². The van der Waals surface area contributed by atoms with E-state index in [2.05, 4.69) is 182 Å². The van der Waals surface area contributed by atoms with Crippen molar-refractivity contribution in [2.45, 2.75) is 18.3 Å². The summed E-state index contributed by atoms with van der Waals surface area (Å²) in [5, 5.41) is 0. The minimum absolute atomic E-state index is 0.679. The van der Waals surface area contributed by atoms with Crippen LogP contribution in [-0.2, 0) is 18.3 Å². The van der Waals surface area contributed by atoms with Crippen LogP contribution in [0, 0.1) is 0 Å². The second kappa shape index (κ2) is 13.7. The second-order valence-corrected chi connectivity index (χ2v) is 13.0. The molecule has 50 heavy (non-hydrogen) atoms. The van der Waals surface area contributed by atoms with Gasteiger partial charge >= 0.3 is 0 Å². The Morgan fingerprint density at radius 2 is 1.24 bits per heavy atom. The van der Waals surface area contributed by atoms with Gasteiger partial charge in [0.15, 0.2) is 0 Å². The number of benzene rings is 5. The molecule has 0 unspecified atom stereocenters. The topological polar surface area (TPSA) is 9.23 Å². The standard InChI is InChI=1S/C49H38O/c1-36-31-32-40-22-8-10-23-42(40)35-43-24-11-9-21-39(41-25-16-19-38(34-41)33-37-17-4-2-5-18-37)20-6-3-7-26-44(43)49(36)45-27-12-14-29-47(45)50-48-30-15-13-28-46(48)49/h2-32,34H,1,33,35H2/b6-3+,7-3?,11-9?,20-6?,21-9-,24-11-,26-7+,32-31-,39-20+,39-21?,43-24?,44-26?,44-43-. The molecule has 1 heterocycles. The molecule has 1 heteroatoms. The fourth-order valence-electron chi connectivity index (χ4n) is 7.55. The van der Waals surface area contributed by atoms with Crippen LogP contribution in [0.2, 0.25) is 0 Å². The fourth-order valence-corrected chi connectivity index (χ4v) is 7.55. The molecule has 2 aliphatic carbocycles. The molecule has 0 aromatic heterocycles. The Hall–Kier alpha value is -6.18. The van der Waals surface area contributed by atoms with Crippen molar-refractivity contribution in [3.05, 3.63) is 250 Å². The highest BCUT2D eigenvalue weighted by molar-refractivity contribution is 5.77. The number of hydrogen-bond donors (Lipinski definition) is 0. The molecule has 0 amide bonds. The number of ether oxygens (including phenoxy) is 1. The molecule has 3 aliphatic rings. The minimum atomic E-state index is -0.679. The first kappa shape index (κ1) is 31.1. The van der Waals surface area contributed by atoms with E-state index in [1.54, 1.807) is 0 Å². The van der Waals surface area contributed by atoms with Crippen LogP contribution in [0.25, 0.3) is 11.6 Å². The van der Waals surface area contributed by atoms with Crippen molar-refractivity contribution >= 4 is 11.6 Å². The van der Waals surface area contributed by atoms with E-state index in [0.29, 0.717) is 0 Å². The molecule has 0 fully saturated rings. The van der Waals surface area contributed by atoms with E-state index in [1.165, 1.54) is 39.0 Å². The van der Waals surface area contributed by atoms with Gasteiger partial charge in [-0.3, -0.25) is 0 Å². The van der Waals surface area contributed by atoms with Crippen LogP contribution in [0.3, 0.4) is 0 Å². The van der Waals surface area contributed by atoms with Crippen molar-refractivity contribution in [2.24, 2.45) is 0 Å². The highest BCUT2D eigenvalue weighted by atomic mass is 16.5. The van der Waals surface area contributed by atoms with Crippen LogP contribution in [-0.4, -0.2) is 0 Å². The molecule has 5 aromatic rings. The van der Waals surface area contributed by atoms with E-state index in [0.717, 1.165) is 46.6 Å². The third-order valence-corrected chi connectivity index (χ3v) is 9.89. The fraction of sp³-hybridized carbons (Fsp3) is 0.0612. The highest BCUT2D eigenvalue weighted by Gasteiger charge is 2.46. The summed E-state index contributed by atoms with van der Waals surface area (Å²) in [5.41, 5.74) is 12.3. The number of fused-ring (bicyclic) bond motifs is 6. The minimum Gasteiger partial charge on any atom is -0.457 e. The predicted molar refractivity (Wildman–Crippen MR) is 209 cm³/mol. The average Bonchev–Trinajstić information content (AvgIpc) is 3.19. The summed E-state index contributed by atoms with van der Waals surface area (Å²) >= 11 is 0. The summed E-state index contributed by atoms with van der Waals surface area (Å²) in [6.45, 7) is 4.83. The van der Waals surface area contributed by atoms with Crippen LogP contribution < -0.4 is 4.74 Å². The van der Waals surface area contributed by atoms with Crippen molar-refractivity contribution in [2.75, 3.05) is 0 Å². The summed E-state index contributed by atoms with van der Waals surface area (Å²) in [5.74, 6) is 1.70. The van der Waals surface area contributed by atoms with Crippen LogP contribution in [0.1, 0.15) is 38.9 Å². The Morgan fingerprint density at radius 1 is 0.560 bits per heavy atom. The third-order valence-electron chi connectivity index (χ3n) is 9.89. The molecule has 0 bridgehead atoms. The van der Waals surface area contributed by atoms with Gasteiger partial charge in [0.2, 0.25) is 0 Å². The maximum Gasteiger partial charge on any atom is 0.132 e. The predicted octanol–water partition coefficient (Wildman–Crippen LogP) is 12.1. The molecule has 1 aliphatic heterocycles. The lowest BCUT2D eigenvalue weighted by molar-refractivity contribution is 0.434. The Kier molecular flexibility index (Phi) is 8.55.